The van der Waals surface area contributed by atoms with E-state index in [1.165, 1.54) is 0 Å². The van der Waals surface area contributed by atoms with Crippen LogP contribution in [0.2, 0.25) is 0 Å². The van der Waals surface area contributed by atoms with Crippen LogP contribution in [0.3, 0.4) is 0 Å². The molecule has 0 bridgehead atoms. The Morgan fingerprint density at radius 2 is 1.97 bits per heavy atom. The smallest absolute Gasteiger partial charge is 0.398 e. The zero-order valence-electron chi connectivity index (χ0n) is 18.3. The fourth-order valence-corrected chi connectivity index (χ4v) is 4.13. The Balaban J connectivity index is 1.57. The van der Waals surface area contributed by atoms with Gasteiger partial charge in [0.25, 0.3) is 0 Å². The van der Waals surface area contributed by atoms with Gasteiger partial charge < -0.3 is 20.5 Å². The van der Waals surface area contributed by atoms with Gasteiger partial charge in [-0.15, -0.1) is 0 Å². The monoisotopic (exact) mass is 445 g/mol. The lowest BCUT2D eigenvalue weighted by Gasteiger charge is -2.33. The molecule has 170 valence electrons. The van der Waals surface area contributed by atoms with Crippen molar-refractivity contribution in [2.24, 2.45) is 7.05 Å². The molecule has 1 aromatic carbocycles. The van der Waals surface area contributed by atoms with Crippen molar-refractivity contribution in [2.75, 3.05) is 29.0 Å². The summed E-state index contributed by atoms with van der Waals surface area (Å²) >= 11 is 0. The van der Waals surface area contributed by atoms with Crippen molar-refractivity contribution >= 4 is 34.2 Å². The number of nitrogens with one attached hydrogen (secondary N) is 1. The molecule has 1 atom stereocenters. The highest BCUT2D eigenvalue weighted by atomic mass is 19.4. The molecule has 0 radical (unpaired) electrons. The van der Waals surface area contributed by atoms with E-state index in [-0.39, 0.29) is 12.0 Å². The summed E-state index contributed by atoms with van der Waals surface area (Å²) in [5.74, 6) is 1.01. The number of aryl methyl sites for hydroxylation is 2. The molecule has 4 rings (SSSR count). The lowest BCUT2D eigenvalue weighted by atomic mass is 10.0. The quantitative estimate of drug-likeness (QED) is 0.580. The van der Waals surface area contributed by atoms with Crippen LogP contribution in [0.5, 0.6) is 0 Å². The van der Waals surface area contributed by atoms with E-state index in [0.717, 1.165) is 65.5 Å². The van der Waals surface area contributed by atoms with E-state index in [1.807, 2.05) is 31.5 Å². The molecule has 1 unspecified atom stereocenters. The number of alkyl halides is 3. The third-order valence-electron chi connectivity index (χ3n) is 5.92. The third-order valence-corrected chi connectivity index (χ3v) is 5.92. The van der Waals surface area contributed by atoms with Crippen molar-refractivity contribution < 1.29 is 13.2 Å². The molecule has 10 heteroatoms. The van der Waals surface area contributed by atoms with Crippen molar-refractivity contribution in [3.63, 3.8) is 0 Å². The molecule has 7 nitrogen and oxygen atoms in total. The predicted molar refractivity (Wildman–Crippen MR) is 120 cm³/mol. The number of nitrogen functional groups attached to an aromatic ring is 1. The van der Waals surface area contributed by atoms with Gasteiger partial charge in [0.05, 0.1) is 16.6 Å². The van der Waals surface area contributed by atoms with Crippen LogP contribution < -0.4 is 16.0 Å². The van der Waals surface area contributed by atoms with Gasteiger partial charge in [0.2, 0.25) is 11.9 Å². The van der Waals surface area contributed by atoms with E-state index in [2.05, 4.69) is 26.8 Å². The molecular weight excluding hydrogens is 419 g/mol. The Kier molecular flexibility index (Phi) is 5.47. The van der Waals surface area contributed by atoms with E-state index in [9.17, 15) is 13.2 Å². The van der Waals surface area contributed by atoms with Crippen LogP contribution in [0.1, 0.15) is 36.5 Å². The number of hydrogen-bond donors (Lipinski definition) is 2. The SMILES string of the molecule is C=C(C)c1cc2c(nc(N3CCCC(Nc4ncc(C(F)(F)F)cn4)C3)n2C)c(C)c1N. The number of benzene rings is 1. The standard InChI is InChI=1S/C22H26F3N7/c1-12(2)16-8-17-19(13(3)18(16)26)30-21(31(17)4)32-7-5-6-15(11-32)29-20-27-9-14(10-28-20)22(23,24)25/h8-10,15H,1,5-7,11,26H2,2-4H3,(H,27,28,29). The largest absolute Gasteiger partial charge is 0.419 e. The van der Waals surface area contributed by atoms with Gasteiger partial charge in [-0.3, -0.25) is 0 Å². The normalized spacial score (nSPS) is 17.1. The lowest BCUT2D eigenvalue weighted by molar-refractivity contribution is -0.138. The van der Waals surface area contributed by atoms with E-state index < -0.39 is 11.7 Å². The van der Waals surface area contributed by atoms with E-state index in [0.29, 0.717) is 12.2 Å². The Bertz CT molecular complexity index is 1170. The van der Waals surface area contributed by atoms with E-state index in [1.54, 1.807) is 0 Å². The number of anilines is 3. The van der Waals surface area contributed by atoms with Crippen LogP contribution in [0.15, 0.2) is 25.0 Å². The molecular formula is C22H26F3N7. The van der Waals surface area contributed by atoms with Crippen molar-refractivity contribution in [3.05, 3.63) is 41.7 Å². The number of piperidine rings is 1. The summed E-state index contributed by atoms with van der Waals surface area (Å²) in [5.41, 5.74) is 10.7. The second-order valence-electron chi connectivity index (χ2n) is 8.30. The molecule has 1 saturated heterocycles. The summed E-state index contributed by atoms with van der Waals surface area (Å²) in [4.78, 5) is 14.7. The average Bonchev–Trinajstić information content (AvgIpc) is 3.07. The van der Waals surface area contributed by atoms with Crippen LogP contribution in [-0.4, -0.2) is 38.7 Å². The maximum absolute atomic E-state index is 12.7. The fourth-order valence-electron chi connectivity index (χ4n) is 4.13. The highest BCUT2D eigenvalue weighted by molar-refractivity contribution is 5.92. The highest BCUT2D eigenvalue weighted by Gasteiger charge is 2.31. The number of rotatable bonds is 4. The molecule has 1 aliphatic heterocycles. The second kappa shape index (κ2) is 7.99. The Morgan fingerprint density at radius 3 is 2.59 bits per heavy atom. The summed E-state index contributed by atoms with van der Waals surface area (Å²) in [6.45, 7) is 9.37. The Hall–Kier alpha value is -3.30. The van der Waals surface area contributed by atoms with Crippen LogP contribution in [0.4, 0.5) is 30.8 Å². The minimum Gasteiger partial charge on any atom is -0.398 e. The molecule has 3 heterocycles. The maximum Gasteiger partial charge on any atom is 0.419 e. The molecule has 0 saturated carbocycles. The van der Waals surface area contributed by atoms with Gasteiger partial charge in [-0.05, 0) is 38.3 Å². The number of hydrogen-bond acceptors (Lipinski definition) is 6. The van der Waals surface area contributed by atoms with Gasteiger partial charge in [-0.1, -0.05) is 6.58 Å². The zero-order chi connectivity index (χ0) is 23.2. The Labute approximate surface area is 184 Å². The topological polar surface area (TPSA) is 84.9 Å². The first-order chi connectivity index (χ1) is 15.1. The molecule has 0 spiro atoms. The number of nitrogens with two attached hydrogens (primary N) is 1. The summed E-state index contributed by atoms with van der Waals surface area (Å²) in [6, 6.07) is 2.00. The first kappa shape index (κ1) is 21.9. The number of imidazole rings is 1. The zero-order valence-corrected chi connectivity index (χ0v) is 18.3. The average molecular weight is 445 g/mol. The number of halogens is 3. The third kappa shape index (κ3) is 3.96. The van der Waals surface area contributed by atoms with Gasteiger partial charge >= 0.3 is 6.18 Å². The number of allylic oxidation sites excluding steroid dienone is 1. The van der Waals surface area contributed by atoms with Crippen molar-refractivity contribution in [1.82, 2.24) is 19.5 Å². The molecule has 1 fully saturated rings. The lowest BCUT2D eigenvalue weighted by Crippen LogP contribution is -2.43. The second-order valence-corrected chi connectivity index (χ2v) is 8.30. The van der Waals surface area contributed by atoms with E-state index in [4.69, 9.17) is 10.7 Å². The molecule has 2 aromatic heterocycles. The number of fused-ring (bicyclic) bond motifs is 1. The molecule has 32 heavy (non-hydrogen) atoms. The molecule has 0 amide bonds. The number of nitrogens with zero attached hydrogens (tertiary/aromatic N) is 5. The molecule has 3 N–H and O–H groups in total. The molecule has 0 aliphatic carbocycles. The van der Waals surface area contributed by atoms with E-state index >= 15 is 0 Å². The number of aromatic nitrogens is 4. The van der Waals surface area contributed by atoms with Gasteiger partial charge in [0.1, 0.15) is 0 Å². The van der Waals surface area contributed by atoms with Crippen LogP contribution >= 0.6 is 0 Å². The summed E-state index contributed by atoms with van der Waals surface area (Å²) in [7, 11) is 1.97. The fraction of sp³-hybridized carbons (Fsp3) is 0.409. The maximum atomic E-state index is 12.7. The van der Waals surface area contributed by atoms with Crippen molar-refractivity contribution in [3.8, 4) is 0 Å². The van der Waals surface area contributed by atoms with Crippen molar-refractivity contribution in [2.45, 2.75) is 38.9 Å². The minimum absolute atomic E-state index is 0.0163. The highest BCUT2D eigenvalue weighted by Crippen LogP contribution is 2.34. The summed E-state index contributed by atoms with van der Waals surface area (Å²) < 4.78 is 40.3. The minimum atomic E-state index is -4.45. The summed E-state index contributed by atoms with van der Waals surface area (Å²) in [6.07, 6.45) is -1.09. The van der Waals surface area contributed by atoms with Gasteiger partial charge in [-0.25, -0.2) is 15.0 Å². The van der Waals surface area contributed by atoms with Crippen molar-refractivity contribution in [1.29, 1.82) is 0 Å². The molecule has 1 aliphatic rings. The molecule has 3 aromatic rings. The predicted octanol–water partition coefficient (Wildman–Crippen LogP) is 4.39. The van der Waals surface area contributed by atoms with Crippen LogP contribution in [0, 0.1) is 6.92 Å². The van der Waals surface area contributed by atoms with Crippen LogP contribution in [0.25, 0.3) is 16.6 Å². The Morgan fingerprint density at radius 1 is 1.28 bits per heavy atom. The van der Waals surface area contributed by atoms with Gasteiger partial charge in [0, 0.05) is 55.4 Å². The first-order valence-corrected chi connectivity index (χ1v) is 10.4. The van der Waals surface area contributed by atoms with Crippen LogP contribution in [-0.2, 0) is 13.2 Å². The van der Waals surface area contributed by atoms with Gasteiger partial charge in [-0.2, -0.15) is 13.2 Å². The van der Waals surface area contributed by atoms with Gasteiger partial charge in [0.15, 0.2) is 0 Å². The first-order valence-electron chi connectivity index (χ1n) is 10.4. The summed E-state index contributed by atoms with van der Waals surface area (Å²) in [5, 5.41) is 3.16.